The SMILES string of the molecule is CCCCCC1CCC(CCc2ccc(O)c(F)c2)CC1. The fourth-order valence-corrected chi connectivity index (χ4v) is 3.57. The molecule has 0 radical (unpaired) electrons. The zero-order valence-corrected chi connectivity index (χ0v) is 13.3. The van der Waals surface area contributed by atoms with Gasteiger partial charge in [-0.1, -0.05) is 64.4 Å². The summed E-state index contributed by atoms with van der Waals surface area (Å²) >= 11 is 0. The maximum Gasteiger partial charge on any atom is 0.165 e. The number of rotatable bonds is 7. The Balaban J connectivity index is 1.67. The van der Waals surface area contributed by atoms with Gasteiger partial charge in [-0.05, 0) is 42.4 Å². The Morgan fingerprint density at radius 3 is 2.33 bits per heavy atom. The third-order valence-corrected chi connectivity index (χ3v) is 5.04. The van der Waals surface area contributed by atoms with Crippen LogP contribution in [0.25, 0.3) is 0 Å². The van der Waals surface area contributed by atoms with E-state index in [1.54, 1.807) is 0 Å². The van der Waals surface area contributed by atoms with Crippen LogP contribution in [0.2, 0.25) is 0 Å². The van der Waals surface area contributed by atoms with Crippen molar-refractivity contribution in [3.05, 3.63) is 29.6 Å². The zero-order chi connectivity index (χ0) is 15.1. The molecule has 1 aliphatic rings. The quantitative estimate of drug-likeness (QED) is 0.625. The van der Waals surface area contributed by atoms with Crippen LogP contribution in [0.3, 0.4) is 0 Å². The molecule has 1 aromatic rings. The number of hydrogen-bond acceptors (Lipinski definition) is 1. The van der Waals surface area contributed by atoms with E-state index >= 15 is 0 Å². The van der Waals surface area contributed by atoms with Crippen LogP contribution in [0, 0.1) is 17.7 Å². The van der Waals surface area contributed by atoms with Gasteiger partial charge in [-0.25, -0.2) is 4.39 Å². The highest BCUT2D eigenvalue weighted by molar-refractivity contribution is 5.28. The standard InChI is InChI=1S/C19H29FO/c1-2-3-4-5-15-6-8-16(9-7-15)10-11-17-12-13-19(21)18(20)14-17/h12-16,21H,2-11H2,1H3. The Morgan fingerprint density at radius 1 is 1.05 bits per heavy atom. The molecule has 0 saturated heterocycles. The van der Waals surface area contributed by atoms with E-state index in [-0.39, 0.29) is 5.75 Å². The smallest absolute Gasteiger partial charge is 0.165 e. The van der Waals surface area contributed by atoms with Crippen molar-refractivity contribution >= 4 is 0 Å². The van der Waals surface area contributed by atoms with Gasteiger partial charge in [0.15, 0.2) is 11.6 Å². The summed E-state index contributed by atoms with van der Waals surface area (Å²) in [6, 6.07) is 4.79. The summed E-state index contributed by atoms with van der Waals surface area (Å²) in [5, 5.41) is 9.20. The Labute approximate surface area is 128 Å². The molecule has 0 bridgehead atoms. The summed E-state index contributed by atoms with van der Waals surface area (Å²) in [4.78, 5) is 0. The molecule has 1 saturated carbocycles. The van der Waals surface area contributed by atoms with Gasteiger partial charge >= 0.3 is 0 Å². The molecule has 118 valence electrons. The number of benzene rings is 1. The number of unbranched alkanes of at least 4 members (excludes halogenated alkanes) is 2. The molecule has 2 heteroatoms. The van der Waals surface area contributed by atoms with E-state index in [4.69, 9.17) is 0 Å². The second-order valence-electron chi connectivity index (χ2n) is 6.71. The molecule has 1 aromatic carbocycles. The molecule has 1 aliphatic carbocycles. The highest BCUT2D eigenvalue weighted by atomic mass is 19.1. The summed E-state index contributed by atoms with van der Waals surface area (Å²) in [5.74, 6) is 1.03. The predicted molar refractivity (Wildman–Crippen MR) is 86.0 cm³/mol. The fourth-order valence-electron chi connectivity index (χ4n) is 3.57. The first-order valence-corrected chi connectivity index (χ1v) is 8.66. The lowest BCUT2D eigenvalue weighted by molar-refractivity contribution is 0.249. The monoisotopic (exact) mass is 292 g/mol. The van der Waals surface area contributed by atoms with Gasteiger partial charge in [-0.15, -0.1) is 0 Å². The third-order valence-electron chi connectivity index (χ3n) is 5.04. The van der Waals surface area contributed by atoms with Gasteiger partial charge in [0.2, 0.25) is 0 Å². The summed E-state index contributed by atoms with van der Waals surface area (Å²) in [7, 11) is 0. The Hall–Kier alpha value is -1.05. The number of halogens is 1. The van der Waals surface area contributed by atoms with E-state index < -0.39 is 5.82 Å². The molecule has 0 spiro atoms. The molecule has 2 rings (SSSR count). The first-order chi connectivity index (χ1) is 10.2. The molecule has 1 fully saturated rings. The van der Waals surface area contributed by atoms with Crippen LogP contribution in [0.4, 0.5) is 4.39 Å². The van der Waals surface area contributed by atoms with Crippen molar-refractivity contribution in [3.63, 3.8) is 0 Å². The Kier molecular flexibility index (Phi) is 6.53. The highest BCUT2D eigenvalue weighted by Gasteiger charge is 2.20. The molecular weight excluding hydrogens is 263 g/mol. The van der Waals surface area contributed by atoms with Gasteiger partial charge in [0.1, 0.15) is 0 Å². The maximum absolute atomic E-state index is 13.3. The Morgan fingerprint density at radius 2 is 1.71 bits per heavy atom. The van der Waals surface area contributed by atoms with Crippen molar-refractivity contribution in [3.8, 4) is 5.75 Å². The molecule has 0 aliphatic heterocycles. The van der Waals surface area contributed by atoms with Crippen LogP contribution >= 0.6 is 0 Å². The van der Waals surface area contributed by atoms with Crippen molar-refractivity contribution in [2.75, 3.05) is 0 Å². The van der Waals surface area contributed by atoms with Gasteiger partial charge in [0.05, 0.1) is 0 Å². The van der Waals surface area contributed by atoms with E-state index in [0.29, 0.717) is 0 Å². The molecule has 0 atom stereocenters. The fraction of sp³-hybridized carbons (Fsp3) is 0.684. The van der Waals surface area contributed by atoms with Gasteiger partial charge in [0, 0.05) is 0 Å². The predicted octanol–water partition coefficient (Wildman–Crippen LogP) is 5.85. The van der Waals surface area contributed by atoms with E-state index in [0.717, 1.165) is 30.2 Å². The largest absolute Gasteiger partial charge is 0.505 e. The average Bonchev–Trinajstić information content (AvgIpc) is 2.50. The average molecular weight is 292 g/mol. The van der Waals surface area contributed by atoms with Crippen molar-refractivity contribution in [2.24, 2.45) is 11.8 Å². The Bertz CT molecular complexity index is 422. The van der Waals surface area contributed by atoms with Crippen LogP contribution in [0.5, 0.6) is 5.75 Å². The van der Waals surface area contributed by atoms with Gasteiger partial charge in [-0.3, -0.25) is 0 Å². The summed E-state index contributed by atoms with van der Waals surface area (Å²) in [6.07, 6.45) is 13.1. The second kappa shape index (κ2) is 8.41. The topological polar surface area (TPSA) is 20.2 Å². The minimum atomic E-state index is -0.493. The van der Waals surface area contributed by atoms with Gasteiger partial charge in [-0.2, -0.15) is 0 Å². The lowest BCUT2D eigenvalue weighted by atomic mass is 9.78. The van der Waals surface area contributed by atoms with Crippen LogP contribution in [0.1, 0.15) is 70.3 Å². The minimum absolute atomic E-state index is 0.244. The first-order valence-electron chi connectivity index (χ1n) is 8.66. The maximum atomic E-state index is 13.3. The first kappa shape index (κ1) is 16.3. The van der Waals surface area contributed by atoms with E-state index in [1.165, 1.54) is 63.5 Å². The summed E-state index contributed by atoms with van der Waals surface area (Å²) in [5.41, 5.74) is 1.01. The summed E-state index contributed by atoms with van der Waals surface area (Å²) in [6.45, 7) is 2.27. The number of aryl methyl sites for hydroxylation is 1. The van der Waals surface area contributed by atoms with Gasteiger partial charge in [0.25, 0.3) is 0 Å². The molecule has 0 unspecified atom stereocenters. The van der Waals surface area contributed by atoms with Crippen molar-refractivity contribution in [1.82, 2.24) is 0 Å². The van der Waals surface area contributed by atoms with Crippen LogP contribution in [-0.2, 0) is 6.42 Å². The molecule has 0 heterocycles. The number of phenolic OH excluding ortho intramolecular Hbond substituents is 1. The summed E-state index contributed by atoms with van der Waals surface area (Å²) < 4.78 is 13.3. The van der Waals surface area contributed by atoms with Crippen LogP contribution in [-0.4, -0.2) is 5.11 Å². The lowest BCUT2D eigenvalue weighted by Crippen LogP contribution is -2.15. The van der Waals surface area contributed by atoms with E-state index in [9.17, 15) is 9.50 Å². The zero-order valence-electron chi connectivity index (χ0n) is 13.3. The molecular formula is C19H29FO. The molecule has 21 heavy (non-hydrogen) atoms. The van der Waals surface area contributed by atoms with Crippen LogP contribution < -0.4 is 0 Å². The van der Waals surface area contributed by atoms with E-state index in [2.05, 4.69) is 6.92 Å². The van der Waals surface area contributed by atoms with Crippen LogP contribution in [0.15, 0.2) is 18.2 Å². The second-order valence-corrected chi connectivity index (χ2v) is 6.71. The molecule has 1 nitrogen and oxygen atoms in total. The third kappa shape index (κ3) is 5.33. The minimum Gasteiger partial charge on any atom is -0.505 e. The highest BCUT2D eigenvalue weighted by Crippen LogP contribution is 2.34. The van der Waals surface area contributed by atoms with Crippen molar-refractivity contribution in [1.29, 1.82) is 0 Å². The van der Waals surface area contributed by atoms with Crippen molar-refractivity contribution < 1.29 is 9.50 Å². The number of phenols is 1. The van der Waals surface area contributed by atoms with E-state index in [1.807, 2.05) is 6.07 Å². The molecule has 1 N–H and O–H groups in total. The molecule has 0 amide bonds. The van der Waals surface area contributed by atoms with Crippen molar-refractivity contribution in [2.45, 2.75) is 71.1 Å². The normalized spacial score (nSPS) is 22.4. The molecule has 0 aromatic heterocycles. The van der Waals surface area contributed by atoms with Gasteiger partial charge < -0.3 is 5.11 Å². The lowest BCUT2D eigenvalue weighted by Gasteiger charge is -2.28. The number of hydrogen-bond donors (Lipinski definition) is 1. The number of aromatic hydroxyl groups is 1.